The van der Waals surface area contributed by atoms with Crippen LogP contribution >= 0.6 is 0 Å². The average molecular weight is 340 g/mol. The Morgan fingerprint density at radius 3 is 2.71 bits per heavy atom. The lowest BCUT2D eigenvalue weighted by atomic mass is 9.71. The Morgan fingerprint density at radius 2 is 2.08 bits per heavy atom. The lowest BCUT2D eigenvalue weighted by molar-refractivity contribution is -0.132. The second-order valence-electron chi connectivity index (χ2n) is 7.48. The summed E-state index contributed by atoms with van der Waals surface area (Å²) in [5, 5.41) is 0. The van der Waals surface area contributed by atoms with Crippen LogP contribution in [0.3, 0.4) is 0 Å². The zero-order valence-corrected chi connectivity index (χ0v) is 14.1. The normalized spacial score (nSPS) is 25.3. The van der Waals surface area contributed by atoms with E-state index in [9.17, 15) is 4.79 Å². The third-order valence-electron chi connectivity index (χ3n) is 4.55. The van der Waals surface area contributed by atoms with Crippen molar-refractivity contribution in [2.24, 2.45) is 0 Å². The number of amides is 1. The van der Waals surface area contributed by atoms with E-state index in [1.807, 2.05) is 0 Å². The predicted molar refractivity (Wildman–Crippen MR) is 85.4 cm³/mol. The molecule has 3 rings (SSSR count). The first kappa shape index (κ1) is 16.8. The molecule has 7 heteroatoms. The highest BCUT2D eigenvalue weighted by atomic mass is 19.3. The van der Waals surface area contributed by atoms with E-state index in [0.717, 1.165) is 4.90 Å². The van der Waals surface area contributed by atoms with Gasteiger partial charge in [-0.25, -0.2) is 13.6 Å². The van der Waals surface area contributed by atoms with Crippen molar-refractivity contribution in [1.29, 1.82) is 0 Å². The maximum Gasteiger partial charge on any atom is 0.410 e. The SMILES string of the molecule is CC(C)(C)OC(=O)N1CCC2(COc3cc(N)ccc32)C(F)(F)C1. The van der Waals surface area contributed by atoms with Crippen LogP contribution in [-0.2, 0) is 10.2 Å². The fourth-order valence-electron chi connectivity index (χ4n) is 3.30. The molecule has 2 N–H and O–H groups in total. The van der Waals surface area contributed by atoms with Crippen molar-refractivity contribution in [2.45, 2.75) is 44.1 Å². The van der Waals surface area contributed by atoms with Gasteiger partial charge in [0.05, 0.1) is 12.0 Å². The minimum Gasteiger partial charge on any atom is -0.492 e. The lowest BCUT2D eigenvalue weighted by Crippen LogP contribution is -2.60. The molecule has 1 amide bonds. The number of halogens is 2. The van der Waals surface area contributed by atoms with E-state index >= 15 is 8.78 Å². The van der Waals surface area contributed by atoms with E-state index in [-0.39, 0.29) is 19.6 Å². The van der Waals surface area contributed by atoms with E-state index in [4.69, 9.17) is 15.2 Å². The Bertz CT molecular complexity index is 672. The van der Waals surface area contributed by atoms with Gasteiger partial charge in [-0.1, -0.05) is 6.07 Å². The number of fused-ring (bicyclic) bond motifs is 2. The van der Waals surface area contributed by atoms with Crippen molar-refractivity contribution in [3.63, 3.8) is 0 Å². The van der Waals surface area contributed by atoms with Crippen molar-refractivity contribution in [3.8, 4) is 5.75 Å². The third-order valence-corrected chi connectivity index (χ3v) is 4.55. The number of ether oxygens (including phenoxy) is 2. The number of nitrogens with two attached hydrogens (primary N) is 1. The first-order valence-corrected chi connectivity index (χ1v) is 7.93. The molecule has 1 aromatic rings. The number of carbonyl (C=O) groups is 1. The Kier molecular flexibility index (Phi) is 3.66. The number of piperidine rings is 1. The zero-order chi connectivity index (χ0) is 17.8. The Morgan fingerprint density at radius 1 is 1.38 bits per heavy atom. The molecule has 2 aliphatic heterocycles. The summed E-state index contributed by atoms with van der Waals surface area (Å²) in [6.07, 6.45) is -0.607. The Balaban J connectivity index is 1.85. The van der Waals surface area contributed by atoms with Gasteiger partial charge in [0.15, 0.2) is 0 Å². The number of carbonyl (C=O) groups excluding carboxylic acids is 1. The van der Waals surface area contributed by atoms with Gasteiger partial charge in [0.2, 0.25) is 0 Å². The Hall–Kier alpha value is -2.05. The van der Waals surface area contributed by atoms with Gasteiger partial charge in [-0.2, -0.15) is 0 Å². The molecule has 1 saturated heterocycles. The number of hydrogen-bond acceptors (Lipinski definition) is 4. The molecule has 24 heavy (non-hydrogen) atoms. The van der Waals surface area contributed by atoms with Gasteiger partial charge >= 0.3 is 6.09 Å². The average Bonchev–Trinajstić information content (AvgIpc) is 2.79. The molecule has 132 valence electrons. The Labute approximate surface area is 139 Å². The topological polar surface area (TPSA) is 64.8 Å². The second kappa shape index (κ2) is 5.22. The van der Waals surface area contributed by atoms with Crippen LogP contribution in [0.4, 0.5) is 19.3 Å². The first-order chi connectivity index (χ1) is 11.0. The minimum absolute atomic E-state index is 0.107. The van der Waals surface area contributed by atoms with Gasteiger partial charge in [-0.05, 0) is 33.3 Å². The molecule has 0 aromatic heterocycles. The summed E-state index contributed by atoms with van der Waals surface area (Å²) in [7, 11) is 0. The van der Waals surface area contributed by atoms with Gasteiger partial charge in [-0.15, -0.1) is 0 Å². The molecule has 1 fully saturated rings. The molecule has 1 spiro atoms. The predicted octanol–water partition coefficient (Wildman–Crippen LogP) is 3.18. The molecule has 1 atom stereocenters. The summed E-state index contributed by atoms with van der Waals surface area (Å²) < 4.78 is 40.8. The lowest BCUT2D eigenvalue weighted by Gasteiger charge is -2.44. The maximum absolute atomic E-state index is 15.0. The number of likely N-dealkylation sites (tertiary alicyclic amines) is 1. The van der Waals surface area contributed by atoms with Crippen LogP contribution in [0, 0.1) is 0 Å². The summed E-state index contributed by atoms with van der Waals surface area (Å²) in [6, 6.07) is 4.78. The zero-order valence-electron chi connectivity index (χ0n) is 14.1. The molecular formula is C17H22F2N2O3. The summed E-state index contributed by atoms with van der Waals surface area (Å²) in [5.74, 6) is -2.72. The summed E-state index contributed by atoms with van der Waals surface area (Å²) in [4.78, 5) is 13.2. The summed E-state index contributed by atoms with van der Waals surface area (Å²) in [6.45, 7) is 4.52. The highest BCUT2D eigenvalue weighted by molar-refractivity contribution is 5.69. The smallest absolute Gasteiger partial charge is 0.410 e. The van der Waals surface area contributed by atoms with Crippen molar-refractivity contribution >= 4 is 11.8 Å². The fraction of sp³-hybridized carbons (Fsp3) is 0.588. The number of nitrogens with zero attached hydrogens (tertiary/aromatic N) is 1. The molecule has 0 radical (unpaired) electrons. The van der Waals surface area contributed by atoms with Crippen LogP contribution in [0.2, 0.25) is 0 Å². The standard InChI is InChI=1S/C17H22F2N2O3/c1-15(2,3)24-14(22)21-7-6-16(17(18,19)9-21)10-23-13-8-11(20)4-5-12(13)16/h4-5,8H,6-7,9-10,20H2,1-3H3. The fourth-order valence-corrected chi connectivity index (χ4v) is 3.30. The van der Waals surface area contributed by atoms with Crippen LogP contribution in [0.25, 0.3) is 0 Å². The van der Waals surface area contributed by atoms with Crippen molar-refractivity contribution in [3.05, 3.63) is 23.8 Å². The molecule has 0 aliphatic carbocycles. The largest absolute Gasteiger partial charge is 0.492 e. The molecule has 1 aromatic carbocycles. The molecule has 1 unspecified atom stereocenters. The second-order valence-corrected chi connectivity index (χ2v) is 7.48. The van der Waals surface area contributed by atoms with E-state index in [2.05, 4.69) is 0 Å². The van der Waals surface area contributed by atoms with Crippen LogP contribution in [0.1, 0.15) is 32.8 Å². The summed E-state index contributed by atoms with van der Waals surface area (Å²) >= 11 is 0. The summed E-state index contributed by atoms with van der Waals surface area (Å²) in [5.41, 5.74) is 4.49. The number of hydrogen-bond donors (Lipinski definition) is 1. The van der Waals surface area contributed by atoms with Crippen LogP contribution in [0.15, 0.2) is 18.2 Å². The number of benzene rings is 1. The number of rotatable bonds is 0. The molecule has 2 heterocycles. The van der Waals surface area contributed by atoms with Crippen molar-refractivity contribution in [1.82, 2.24) is 4.90 Å². The molecule has 5 nitrogen and oxygen atoms in total. The molecule has 0 bridgehead atoms. The highest BCUT2D eigenvalue weighted by Gasteiger charge is 2.62. The number of alkyl halides is 2. The van der Waals surface area contributed by atoms with Gasteiger partial charge in [-0.3, -0.25) is 0 Å². The van der Waals surface area contributed by atoms with E-state index in [0.29, 0.717) is 17.0 Å². The van der Waals surface area contributed by atoms with E-state index in [1.165, 1.54) is 0 Å². The van der Waals surface area contributed by atoms with E-state index < -0.39 is 29.6 Å². The monoisotopic (exact) mass is 340 g/mol. The quantitative estimate of drug-likeness (QED) is 0.737. The van der Waals surface area contributed by atoms with Crippen molar-refractivity contribution < 1.29 is 23.0 Å². The molecule has 2 aliphatic rings. The van der Waals surface area contributed by atoms with E-state index in [1.54, 1.807) is 39.0 Å². The van der Waals surface area contributed by atoms with Crippen molar-refractivity contribution in [2.75, 3.05) is 25.4 Å². The minimum atomic E-state index is -3.12. The maximum atomic E-state index is 15.0. The van der Waals surface area contributed by atoms with Gasteiger partial charge in [0.25, 0.3) is 5.92 Å². The van der Waals surface area contributed by atoms with Crippen LogP contribution in [-0.4, -0.2) is 42.2 Å². The third kappa shape index (κ3) is 2.65. The van der Waals surface area contributed by atoms with Crippen LogP contribution < -0.4 is 10.5 Å². The highest BCUT2D eigenvalue weighted by Crippen LogP contribution is 2.53. The number of anilines is 1. The molecule has 0 saturated carbocycles. The van der Waals surface area contributed by atoms with Gasteiger partial charge < -0.3 is 20.1 Å². The molecular weight excluding hydrogens is 318 g/mol. The van der Waals surface area contributed by atoms with Gasteiger partial charge in [0.1, 0.15) is 18.0 Å². The first-order valence-electron chi connectivity index (χ1n) is 7.93. The van der Waals surface area contributed by atoms with Crippen LogP contribution in [0.5, 0.6) is 5.75 Å². The number of nitrogen functional groups attached to an aromatic ring is 1. The van der Waals surface area contributed by atoms with Gasteiger partial charge in [0, 0.05) is 23.9 Å².